The first kappa shape index (κ1) is 11.7. The summed E-state index contributed by atoms with van der Waals surface area (Å²) in [5.74, 6) is 0.543. The van der Waals surface area contributed by atoms with Crippen LogP contribution in [0.2, 0.25) is 10.3 Å². The Bertz CT molecular complexity index is 531. The van der Waals surface area contributed by atoms with Crippen LogP contribution < -0.4 is 0 Å². The van der Waals surface area contributed by atoms with Gasteiger partial charge in [0.05, 0.1) is 11.2 Å². The van der Waals surface area contributed by atoms with Crippen LogP contribution in [0.1, 0.15) is 25.1 Å². The fourth-order valence-electron chi connectivity index (χ4n) is 1.79. The second-order valence-electron chi connectivity index (χ2n) is 4.31. The highest BCUT2D eigenvalue weighted by atomic mass is 35.5. The normalized spacial score (nSPS) is 11.6. The summed E-state index contributed by atoms with van der Waals surface area (Å²) in [7, 11) is 0. The first-order valence-electron chi connectivity index (χ1n) is 5.19. The molecule has 86 valence electrons. The van der Waals surface area contributed by atoms with Crippen LogP contribution in [0.5, 0.6) is 0 Å². The van der Waals surface area contributed by atoms with Crippen LogP contribution in [0, 0.1) is 12.8 Å². The third-order valence-corrected chi connectivity index (χ3v) is 3.20. The van der Waals surface area contributed by atoms with E-state index in [4.69, 9.17) is 23.2 Å². The van der Waals surface area contributed by atoms with Crippen LogP contribution in [-0.4, -0.2) is 14.6 Å². The van der Waals surface area contributed by atoms with Crippen LogP contribution in [0.4, 0.5) is 0 Å². The molecule has 5 heteroatoms. The second kappa shape index (κ2) is 4.22. The standard InChI is InChI=1S/C11H13Cl2N3/c1-6(2)4-8-7(3)10(12)9-5-14-11(13)15-16(8)9/h5-6H,4H2,1-3H3. The maximum absolute atomic E-state index is 6.24. The van der Waals surface area contributed by atoms with Crippen molar-refractivity contribution in [3.63, 3.8) is 0 Å². The van der Waals surface area contributed by atoms with Crippen molar-refractivity contribution >= 4 is 28.7 Å². The monoisotopic (exact) mass is 257 g/mol. The Morgan fingerprint density at radius 2 is 2.06 bits per heavy atom. The Labute approximate surface area is 104 Å². The van der Waals surface area contributed by atoms with Gasteiger partial charge in [0.2, 0.25) is 5.28 Å². The molecule has 0 atom stereocenters. The van der Waals surface area contributed by atoms with Gasteiger partial charge in [0, 0.05) is 5.69 Å². The van der Waals surface area contributed by atoms with Crippen molar-refractivity contribution in [1.29, 1.82) is 0 Å². The van der Waals surface area contributed by atoms with Crippen molar-refractivity contribution in [2.24, 2.45) is 5.92 Å². The van der Waals surface area contributed by atoms with Crippen molar-refractivity contribution in [2.45, 2.75) is 27.2 Å². The van der Waals surface area contributed by atoms with Crippen LogP contribution in [0.3, 0.4) is 0 Å². The molecule has 0 aromatic carbocycles. The molecule has 0 saturated carbocycles. The van der Waals surface area contributed by atoms with Gasteiger partial charge in [0.1, 0.15) is 5.52 Å². The van der Waals surface area contributed by atoms with Gasteiger partial charge in [-0.15, -0.1) is 5.10 Å². The zero-order valence-corrected chi connectivity index (χ0v) is 11.0. The van der Waals surface area contributed by atoms with Gasteiger partial charge in [-0.3, -0.25) is 0 Å². The number of rotatable bonds is 2. The minimum Gasteiger partial charge on any atom is -0.231 e. The Balaban J connectivity index is 2.70. The van der Waals surface area contributed by atoms with E-state index in [1.165, 1.54) is 0 Å². The van der Waals surface area contributed by atoms with Gasteiger partial charge in [-0.25, -0.2) is 9.50 Å². The van der Waals surface area contributed by atoms with E-state index in [-0.39, 0.29) is 5.28 Å². The van der Waals surface area contributed by atoms with E-state index in [1.807, 2.05) is 6.92 Å². The highest BCUT2D eigenvalue weighted by Crippen LogP contribution is 2.28. The second-order valence-corrected chi connectivity index (χ2v) is 5.02. The molecule has 2 aromatic heterocycles. The minimum absolute atomic E-state index is 0.240. The SMILES string of the molecule is Cc1c(Cl)c2cnc(Cl)nn2c1CC(C)C. The van der Waals surface area contributed by atoms with Crippen LogP contribution in [0.25, 0.3) is 5.52 Å². The molecule has 3 nitrogen and oxygen atoms in total. The van der Waals surface area contributed by atoms with Gasteiger partial charge >= 0.3 is 0 Å². The fourth-order valence-corrected chi connectivity index (χ4v) is 2.15. The molecule has 2 aromatic rings. The summed E-state index contributed by atoms with van der Waals surface area (Å²) >= 11 is 12.0. The number of aromatic nitrogens is 3. The summed E-state index contributed by atoms with van der Waals surface area (Å²) in [4.78, 5) is 3.95. The average molecular weight is 258 g/mol. The van der Waals surface area contributed by atoms with Gasteiger partial charge in [0.15, 0.2) is 0 Å². The molecule has 2 rings (SSSR count). The zero-order valence-electron chi connectivity index (χ0n) is 9.46. The molecule has 0 aliphatic carbocycles. The molecule has 0 aliphatic heterocycles. The van der Waals surface area contributed by atoms with Crippen molar-refractivity contribution in [3.05, 3.63) is 27.8 Å². The van der Waals surface area contributed by atoms with Gasteiger partial charge in [0.25, 0.3) is 0 Å². The van der Waals surface area contributed by atoms with E-state index >= 15 is 0 Å². The largest absolute Gasteiger partial charge is 0.241 e. The lowest BCUT2D eigenvalue weighted by molar-refractivity contribution is 0.618. The molecule has 2 heterocycles. The summed E-state index contributed by atoms with van der Waals surface area (Å²) in [6.45, 7) is 6.33. The number of hydrogen-bond acceptors (Lipinski definition) is 2. The van der Waals surface area contributed by atoms with Crippen molar-refractivity contribution in [3.8, 4) is 0 Å². The number of halogens is 2. The first-order chi connectivity index (χ1) is 7.50. The van der Waals surface area contributed by atoms with E-state index in [9.17, 15) is 0 Å². The van der Waals surface area contributed by atoms with E-state index in [2.05, 4.69) is 23.9 Å². The smallest absolute Gasteiger partial charge is 0.231 e. The van der Waals surface area contributed by atoms with E-state index < -0.39 is 0 Å². The summed E-state index contributed by atoms with van der Waals surface area (Å²) in [5, 5.41) is 5.15. The summed E-state index contributed by atoms with van der Waals surface area (Å²) < 4.78 is 1.80. The molecule has 0 amide bonds. The third-order valence-electron chi connectivity index (χ3n) is 2.55. The predicted octanol–water partition coefficient (Wildman–Crippen LogP) is 3.54. The van der Waals surface area contributed by atoms with E-state index in [0.717, 1.165) is 23.2 Å². The lowest BCUT2D eigenvalue weighted by Crippen LogP contribution is -2.03. The van der Waals surface area contributed by atoms with Crippen molar-refractivity contribution in [2.75, 3.05) is 0 Å². The highest BCUT2D eigenvalue weighted by molar-refractivity contribution is 6.35. The van der Waals surface area contributed by atoms with Gasteiger partial charge in [-0.05, 0) is 36.4 Å². The minimum atomic E-state index is 0.240. The summed E-state index contributed by atoms with van der Waals surface area (Å²) in [6.07, 6.45) is 2.58. The number of fused-ring (bicyclic) bond motifs is 1. The Kier molecular flexibility index (Phi) is 3.08. The quantitative estimate of drug-likeness (QED) is 0.824. The Morgan fingerprint density at radius 1 is 1.38 bits per heavy atom. The zero-order chi connectivity index (χ0) is 11.9. The van der Waals surface area contributed by atoms with E-state index in [0.29, 0.717) is 10.9 Å². The Hall–Kier alpha value is -0.800. The number of nitrogens with zero attached hydrogens (tertiary/aromatic N) is 3. The topological polar surface area (TPSA) is 30.2 Å². The molecule has 16 heavy (non-hydrogen) atoms. The highest BCUT2D eigenvalue weighted by Gasteiger charge is 2.16. The molecule has 0 unspecified atom stereocenters. The maximum atomic E-state index is 6.24. The van der Waals surface area contributed by atoms with Gasteiger partial charge in [-0.1, -0.05) is 25.4 Å². The molecule has 0 fully saturated rings. The fraction of sp³-hybridized carbons (Fsp3) is 0.455. The Morgan fingerprint density at radius 3 is 2.69 bits per heavy atom. The summed E-state index contributed by atoms with van der Waals surface area (Å²) in [6, 6.07) is 0. The molecular formula is C11H13Cl2N3. The molecule has 0 aliphatic rings. The molecule has 0 spiro atoms. The van der Waals surface area contributed by atoms with Crippen LogP contribution >= 0.6 is 23.2 Å². The first-order valence-corrected chi connectivity index (χ1v) is 5.94. The lowest BCUT2D eigenvalue weighted by atomic mass is 10.1. The van der Waals surface area contributed by atoms with E-state index in [1.54, 1.807) is 10.7 Å². The van der Waals surface area contributed by atoms with Gasteiger partial charge in [-0.2, -0.15) is 0 Å². The van der Waals surface area contributed by atoms with Crippen molar-refractivity contribution < 1.29 is 0 Å². The van der Waals surface area contributed by atoms with Crippen LogP contribution in [-0.2, 0) is 6.42 Å². The molecule has 0 bridgehead atoms. The molecular weight excluding hydrogens is 245 g/mol. The summed E-state index contributed by atoms with van der Waals surface area (Å²) in [5.41, 5.74) is 2.99. The van der Waals surface area contributed by atoms with Crippen molar-refractivity contribution in [1.82, 2.24) is 14.6 Å². The average Bonchev–Trinajstić information content (AvgIpc) is 2.43. The molecule has 0 radical (unpaired) electrons. The molecule has 0 saturated heterocycles. The third kappa shape index (κ3) is 1.89. The molecule has 0 N–H and O–H groups in total. The maximum Gasteiger partial charge on any atom is 0.241 e. The lowest BCUT2D eigenvalue weighted by Gasteiger charge is -2.05. The predicted molar refractivity (Wildman–Crippen MR) is 66.3 cm³/mol. The number of hydrogen-bond donors (Lipinski definition) is 0. The van der Waals surface area contributed by atoms with Crippen LogP contribution in [0.15, 0.2) is 6.20 Å². The van der Waals surface area contributed by atoms with Gasteiger partial charge < -0.3 is 0 Å².